The number of pyridine rings is 1. The molecule has 1 heterocycles. The first-order chi connectivity index (χ1) is 8.58. The summed E-state index contributed by atoms with van der Waals surface area (Å²) in [5.41, 5.74) is -0.178. The summed E-state index contributed by atoms with van der Waals surface area (Å²) in [6, 6.07) is 7.25. The lowest BCUT2D eigenvalue weighted by molar-refractivity contribution is -0.386. The molecule has 0 fully saturated rings. The van der Waals surface area contributed by atoms with Gasteiger partial charge < -0.3 is 4.74 Å². The molecule has 0 saturated heterocycles. The minimum absolute atomic E-state index is 0.150. The molecule has 0 unspecified atom stereocenters. The second kappa shape index (κ2) is 5.61. The van der Waals surface area contributed by atoms with E-state index in [1.165, 1.54) is 6.20 Å². The summed E-state index contributed by atoms with van der Waals surface area (Å²) in [6.07, 6.45) is 2.62. The van der Waals surface area contributed by atoms with Crippen molar-refractivity contribution >= 4 is 44.2 Å². The molecular weight excluding hydrogens is 415 g/mol. The van der Waals surface area contributed by atoms with E-state index < -0.39 is 4.92 Å². The molecular formula is C11H6BrIN2O3. The number of hydrogen-bond acceptors (Lipinski definition) is 4. The molecule has 18 heavy (non-hydrogen) atoms. The molecule has 92 valence electrons. The summed E-state index contributed by atoms with van der Waals surface area (Å²) in [5, 5.41) is 10.9. The van der Waals surface area contributed by atoms with Crippen LogP contribution in [-0.4, -0.2) is 9.91 Å². The predicted molar refractivity (Wildman–Crippen MR) is 77.8 cm³/mol. The highest BCUT2D eigenvalue weighted by atomic mass is 127. The molecule has 0 radical (unpaired) electrons. The van der Waals surface area contributed by atoms with Crippen molar-refractivity contribution in [2.45, 2.75) is 0 Å². The molecule has 0 bridgehead atoms. The average molecular weight is 421 g/mol. The van der Waals surface area contributed by atoms with Crippen molar-refractivity contribution in [1.82, 2.24) is 4.98 Å². The van der Waals surface area contributed by atoms with Crippen LogP contribution < -0.4 is 4.74 Å². The maximum atomic E-state index is 10.9. The van der Waals surface area contributed by atoms with Crippen LogP contribution in [0, 0.1) is 13.7 Å². The predicted octanol–water partition coefficient (Wildman–Crippen LogP) is 4.15. The van der Waals surface area contributed by atoms with Gasteiger partial charge in [0, 0.05) is 9.77 Å². The highest BCUT2D eigenvalue weighted by Crippen LogP contribution is 2.37. The van der Waals surface area contributed by atoms with Gasteiger partial charge in [-0.3, -0.25) is 15.1 Å². The molecule has 0 aliphatic rings. The molecule has 2 aromatic rings. The van der Waals surface area contributed by atoms with Crippen molar-refractivity contribution in [1.29, 1.82) is 0 Å². The van der Waals surface area contributed by atoms with Gasteiger partial charge in [-0.25, -0.2) is 0 Å². The van der Waals surface area contributed by atoms with Crippen LogP contribution in [0.2, 0.25) is 0 Å². The highest BCUT2D eigenvalue weighted by Gasteiger charge is 2.19. The monoisotopic (exact) mass is 420 g/mol. The molecule has 0 amide bonds. The van der Waals surface area contributed by atoms with Crippen LogP contribution in [-0.2, 0) is 0 Å². The number of nitro groups is 1. The van der Waals surface area contributed by atoms with Gasteiger partial charge in [0.1, 0.15) is 11.9 Å². The summed E-state index contributed by atoms with van der Waals surface area (Å²) in [4.78, 5) is 14.1. The van der Waals surface area contributed by atoms with Crippen molar-refractivity contribution in [3.8, 4) is 11.5 Å². The van der Waals surface area contributed by atoms with E-state index in [0.717, 1.165) is 9.77 Å². The Labute approximate surface area is 125 Å². The number of aromatic nitrogens is 1. The Bertz CT molecular complexity index is 607. The lowest BCUT2D eigenvalue weighted by Crippen LogP contribution is -1.95. The van der Waals surface area contributed by atoms with Gasteiger partial charge in [0.25, 0.3) is 0 Å². The molecule has 0 saturated carbocycles. The summed E-state index contributed by atoms with van der Waals surface area (Å²) in [6.45, 7) is 0. The Balaban J connectivity index is 2.42. The van der Waals surface area contributed by atoms with Gasteiger partial charge in [-0.1, -0.05) is 6.07 Å². The first kappa shape index (κ1) is 13.2. The van der Waals surface area contributed by atoms with Crippen molar-refractivity contribution in [2.24, 2.45) is 0 Å². The van der Waals surface area contributed by atoms with Gasteiger partial charge in [-0.05, 0) is 56.7 Å². The van der Waals surface area contributed by atoms with E-state index in [9.17, 15) is 10.1 Å². The maximum absolute atomic E-state index is 10.9. The number of halogens is 2. The van der Waals surface area contributed by atoms with Crippen molar-refractivity contribution < 1.29 is 9.66 Å². The number of ether oxygens (including phenoxy) is 1. The van der Waals surface area contributed by atoms with Crippen LogP contribution in [0.15, 0.2) is 41.1 Å². The van der Waals surface area contributed by atoms with Gasteiger partial charge in [0.2, 0.25) is 5.75 Å². The lowest BCUT2D eigenvalue weighted by Gasteiger charge is -2.07. The summed E-state index contributed by atoms with van der Waals surface area (Å²) >= 11 is 5.34. The Morgan fingerprint density at radius 3 is 2.83 bits per heavy atom. The van der Waals surface area contributed by atoms with Gasteiger partial charge >= 0.3 is 5.69 Å². The molecule has 0 aliphatic carbocycles. The number of hydrogen-bond donors (Lipinski definition) is 0. The molecule has 1 aromatic carbocycles. The molecule has 0 N–H and O–H groups in total. The number of benzene rings is 1. The van der Waals surface area contributed by atoms with Crippen LogP contribution in [0.3, 0.4) is 0 Å². The van der Waals surface area contributed by atoms with Crippen LogP contribution in [0.5, 0.6) is 11.5 Å². The molecule has 0 spiro atoms. The third-order valence-corrected chi connectivity index (χ3v) is 3.28. The van der Waals surface area contributed by atoms with E-state index in [1.54, 1.807) is 12.1 Å². The standard InChI is InChI=1S/C11H6BrIN2O3/c12-9-5-14-6-10(15(16)17)11(9)18-8-3-1-2-7(13)4-8/h1-6H. The van der Waals surface area contributed by atoms with Crippen LogP contribution in [0.25, 0.3) is 0 Å². The molecule has 1 aromatic heterocycles. The van der Waals surface area contributed by atoms with E-state index in [2.05, 4.69) is 43.5 Å². The van der Waals surface area contributed by atoms with E-state index in [-0.39, 0.29) is 11.4 Å². The fraction of sp³-hybridized carbons (Fsp3) is 0. The Morgan fingerprint density at radius 2 is 2.17 bits per heavy atom. The van der Waals surface area contributed by atoms with Gasteiger partial charge in [-0.15, -0.1) is 0 Å². The minimum atomic E-state index is -0.527. The van der Waals surface area contributed by atoms with E-state index in [0.29, 0.717) is 10.2 Å². The zero-order chi connectivity index (χ0) is 13.1. The summed E-state index contributed by atoms with van der Waals surface area (Å²) in [7, 11) is 0. The van der Waals surface area contributed by atoms with Crippen molar-refractivity contribution in [3.63, 3.8) is 0 Å². The van der Waals surface area contributed by atoms with Crippen LogP contribution in [0.1, 0.15) is 0 Å². The van der Waals surface area contributed by atoms with Crippen molar-refractivity contribution in [2.75, 3.05) is 0 Å². The lowest BCUT2D eigenvalue weighted by atomic mass is 10.3. The molecule has 5 nitrogen and oxygen atoms in total. The maximum Gasteiger partial charge on any atom is 0.330 e. The van der Waals surface area contributed by atoms with E-state index in [1.807, 2.05) is 12.1 Å². The number of nitrogens with zero attached hydrogens (tertiary/aromatic N) is 2. The Morgan fingerprint density at radius 1 is 1.39 bits per heavy atom. The molecule has 0 aliphatic heterocycles. The van der Waals surface area contributed by atoms with Gasteiger partial charge in [-0.2, -0.15) is 0 Å². The first-order valence-corrected chi connectivity index (χ1v) is 6.66. The smallest absolute Gasteiger partial charge is 0.330 e. The zero-order valence-corrected chi connectivity index (χ0v) is 12.6. The normalized spacial score (nSPS) is 10.1. The van der Waals surface area contributed by atoms with E-state index >= 15 is 0 Å². The zero-order valence-electron chi connectivity index (χ0n) is 8.84. The minimum Gasteiger partial charge on any atom is -0.449 e. The second-order valence-electron chi connectivity index (χ2n) is 3.29. The van der Waals surface area contributed by atoms with Gasteiger partial charge in [0.15, 0.2) is 0 Å². The first-order valence-electron chi connectivity index (χ1n) is 4.79. The SMILES string of the molecule is O=[N+]([O-])c1cncc(Br)c1Oc1cccc(I)c1. The second-order valence-corrected chi connectivity index (χ2v) is 5.39. The topological polar surface area (TPSA) is 65.3 Å². The highest BCUT2D eigenvalue weighted by molar-refractivity contribution is 14.1. The fourth-order valence-electron chi connectivity index (χ4n) is 1.29. The summed E-state index contributed by atoms with van der Waals surface area (Å²) < 4.78 is 6.97. The Hall–Kier alpha value is -1.22. The van der Waals surface area contributed by atoms with Crippen molar-refractivity contribution in [3.05, 3.63) is 54.8 Å². The van der Waals surface area contributed by atoms with Crippen LogP contribution >= 0.6 is 38.5 Å². The summed E-state index contributed by atoms with van der Waals surface area (Å²) in [5.74, 6) is 0.689. The largest absolute Gasteiger partial charge is 0.449 e. The molecule has 2 rings (SSSR count). The Kier molecular flexibility index (Phi) is 4.12. The number of rotatable bonds is 3. The third-order valence-electron chi connectivity index (χ3n) is 2.05. The molecule has 7 heteroatoms. The fourth-order valence-corrected chi connectivity index (χ4v) is 2.21. The van der Waals surface area contributed by atoms with Crippen LogP contribution in [0.4, 0.5) is 5.69 Å². The third kappa shape index (κ3) is 2.96. The van der Waals surface area contributed by atoms with Gasteiger partial charge in [0.05, 0.1) is 9.40 Å². The molecule has 0 atom stereocenters. The quantitative estimate of drug-likeness (QED) is 0.425. The average Bonchev–Trinajstić information content (AvgIpc) is 2.31. The van der Waals surface area contributed by atoms with E-state index in [4.69, 9.17) is 4.74 Å².